The van der Waals surface area contributed by atoms with Crippen molar-refractivity contribution in [3.8, 4) is 0 Å². The number of oxime groups is 1. The van der Waals surface area contributed by atoms with Gasteiger partial charge in [-0.1, -0.05) is 12.1 Å². The SMILES string of the molecule is CCC(CC(N)=NO)N(C)CC1CCCOC1. The molecule has 5 heteroatoms. The van der Waals surface area contributed by atoms with Crippen LogP contribution in [-0.2, 0) is 4.74 Å². The summed E-state index contributed by atoms with van der Waals surface area (Å²) < 4.78 is 5.48. The van der Waals surface area contributed by atoms with Crippen molar-refractivity contribution >= 4 is 5.84 Å². The number of amidine groups is 1. The highest BCUT2D eigenvalue weighted by Crippen LogP contribution is 2.17. The maximum Gasteiger partial charge on any atom is 0.140 e. The van der Waals surface area contributed by atoms with Gasteiger partial charge in [0.15, 0.2) is 0 Å². The van der Waals surface area contributed by atoms with E-state index in [-0.39, 0.29) is 0 Å². The Kier molecular flexibility index (Phi) is 6.29. The van der Waals surface area contributed by atoms with Gasteiger partial charge in [0.2, 0.25) is 0 Å². The highest BCUT2D eigenvalue weighted by Gasteiger charge is 2.20. The van der Waals surface area contributed by atoms with Crippen molar-refractivity contribution in [3.05, 3.63) is 0 Å². The fourth-order valence-corrected chi connectivity index (χ4v) is 2.40. The van der Waals surface area contributed by atoms with Gasteiger partial charge in [0, 0.05) is 25.6 Å². The van der Waals surface area contributed by atoms with Gasteiger partial charge in [0.05, 0.1) is 6.61 Å². The average molecular weight is 243 g/mol. The zero-order valence-corrected chi connectivity index (χ0v) is 10.9. The number of nitrogens with two attached hydrogens (primary N) is 1. The van der Waals surface area contributed by atoms with Crippen molar-refractivity contribution in [3.63, 3.8) is 0 Å². The van der Waals surface area contributed by atoms with E-state index in [9.17, 15) is 0 Å². The number of rotatable bonds is 6. The minimum Gasteiger partial charge on any atom is -0.409 e. The molecule has 5 nitrogen and oxygen atoms in total. The first-order valence-electron chi connectivity index (χ1n) is 6.41. The van der Waals surface area contributed by atoms with Gasteiger partial charge in [0.25, 0.3) is 0 Å². The highest BCUT2D eigenvalue weighted by molar-refractivity contribution is 5.80. The van der Waals surface area contributed by atoms with Gasteiger partial charge in [-0.2, -0.15) is 0 Å². The lowest BCUT2D eigenvalue weighted by molar-refractivity contribution is 0.0362. The van der Waals surface area contributed by atoms with Crippen molar-refractivity contribution in [1.29, 1.82) is 0 Å². The van der Waals surface area contributed by atoms with Crippen molar-refractivity contribution in [2.45, 2.75) is 38.6 Å². The lowest BCUT2D eigenvalue weighted by Gasteiger charge is -2.32. The average Bonchev–Trinajstić information content (AvgIpc) is 2.36. The maximum atomic E-state index is 8.61. The molecular formula is C12H25N3O2. The summed E-state index contributed by atoms with van der Waals surface area (Å²) in [6.45, 7) is 4.92. The molecule has 1 heterocycles. The molecule has 0 radical (unpaired) electrons. The molecule has 0 aromatic carbocycles. The number of hydrogen-bond acceptors (Lipinski definition) is 4. The lowest BCUT2D eigenvalue weighted by Crippen LogP contribution is -2.39. The van der Waals surface area contributed by atoms with Gasteiger partial charge in [-0.3, -0.25) is 0 Å². The van der Waals surface area contributed by atoms with Crippen LogP contribution in [0, 0.1) is 5.92 Å². The first-order chi connectivity index (χ1) is 8.17. The molecular weight excluding hydrogens is 218 g/mol. The zero-order chi connectivity index (χ0) is 12.7. The van der Waals surface area contributed by atoms with Crippen LogP contribution in [0.15, 0.2) is 5.16 Å². The first kappa shape index (κ1) is 14.3. The van der Waals surface area contributed by atoms with Crippen molar-refractivity contribution < 1.29 is 9.94 Å². The van der Waals surface area contributed by atoms with Crippen LogP contribution in [0.1, 0.15) is 32.6 Å². The van der Waals surface area contributed by atoms with E-state index in [1.165, 1.54) is 6.42 Å². The van der Waals surface area contributed by atoms with E-state index in [0.717, 1.165) is 32.6 Å². The lowest BCUT2D eigenvalue weighted by atomic mass is 10.00. The quantitative estimate of drug-likeness (QED) is 0.319. The summed E-state index contributed by atoms with van der Waals surface area (Å²) in [5.41, 5.74) is 5.57. The first-order valence-corrected chi connectivity index (χ1v) is 6.41. The van der Waals surface area contributed by atoms with E-state index < -0.39 is 0 Å². The molecule has 0 amide bonds. The Labute approximate surface area is 104 Å². The highest BCUT2D eigenvalue weighted by atomic mass is 16.5. The van der Waals surface area contributed by atoms with Crippen molar-refractivity contribution in [2.75, 3.05) is 26.8 Å². The maximum absolute atomic E-state index is 8.61. The Morgan fingerprint density at radius 3 is 2.94 bits per heavy atom. The fraction of sp³-hybridized carbons (Fsp3) is 0.917. The monoisotopic (exact) mass is 243 g/mol. The molecule has 1 aliphatic heterocycles. The molecule has 17 heavy (non-hydrogen) atoms. The number of hydrogen-bond donors (Lipinski definition) is 2. The van der Waals surface area contributed by atoms with Crippen LogP contribution in [0.2, 0.25) is 0 Å². The second-order valence-corrected chi connectivity index (χ2v) is 4.88. The summed E-state index contributed by atoms with van der Waals surface area (Å²) >= 11 is 0. The number of nitrogens with zero attached hydrogens (tertiary/aromatic N) is 2. The third kappa shape index (κ3) is 4.91. The van der Waals surface area contributed by atoms with Crippen LogP contribution in [0.3, 0.4) is 0 Å². The van der Waals surface area contributed by atoms with E-state index in [1.54, 1.807) is 0 Å². The zero-order valence-electron chi connectivity index (χ0n) is 10.9. The van der Waals surface area contributed by atoms with Gasteiger partial charge in [0.1, 0.15) is 5.84 Å². The molecule has 3 N–H and O–H groups in total. The van der Waals surface area contributed by atoms with Crippen LogP contribution in [-0.4, -0.2) is 48.8 Å². The summed E-state index contributed by atoms with van der Waals surface area (Å²) in [6, 6.07) is 0.341. The molecule has 2 atom stereocenters. The van der Waals surface area contributed by atoms with E-state index in [4.69, 9.17) is 15.7 Å². The second kappa shape index (κ2) is 7.50. The van der Waals surface area contributed by atoms with Crippen molar-refractivity contribution in [1.82, 2.24) is 4.90 Å². The van der Waals surface area contributed by atoms with Crippen LogP contribution >= 0.6 is 0 Å². The molecule has 1 fully saturated rings. The van der Waals surface area contributed by atoms with Gasteiger partial charge < -0.3 is 20.6 Å². The standard InChI is InChI=1S/C12H25N3O2/c1-3-11(7-12(13)14-16)15(2)8-10-5-4-6-17-9-10/h10-11,16H,3-9H2,1-2H3,(H2,13,14). The Hall–Kier alpha value is -0.810. The van der Waals surface area contributed by atoms with E-state index >= 15 is 0 Å². The van der Waals surface area contributed by atoms with Crippen molar-refractivity contribution in [2.24, 2.45) is 16.8 Å². The molecule has 1 saturated heterocycles. The molecule has 0 spiro atoms. The minimum absolute atomic E-state index is 0.309. The molecule has 100 valence electrons. The van der Waals surface area contributed by atoms with Gasteiger partial charge in [-0.25, -0.2) is 0 Å². The topological polar surface area (TPSA) is 71.1 Å². The fourth-order valence-electron chi connectivity index (χ4n) is 2.40. The Morgan fingerprint density at radius 1 is 1.65 bits per heavy atom. The number of ether oxygens (including phenoxy) is 1. The summed E-state index contributed by atoms with van der Waals surface area (Å²) in [4.78, 5) is 2.30. The summed E-state index contributed by atoms with van der Waals surface area (Å²) in [7, 11) is 2.10. The minimum atomic E-state index is 0.309. The third-order valence-corrected chi connectivity index (χ3v) is 3.47. The molecule has 0 bridgehead atoms. The molecule has 0 aliphatic carbocycles. The molecule has 1 aliphatic rings. The van der Waals surface area contributed by atoms with E-state index in [1.807, 2.05) is 0 Å². The predicted molar refractivity (Wildman–Crippen MR) is 68.3 cm³/mol. The smallest absolute Gasteiger partial charge is 0.140 e. The second-order valence-electron chi connectivity index (χ2n) is 4.88. The van der Waals surface area contributed by atoms with E-state index in [2.05, 4.69) is 24.0 Å². The molecule has 0 aromatic rings. The van der Waals surface area contributed by atoms with Gasteiger partial charge in [-0.05, 0) is 32.2 Å². The molecule has 1 rings (SSSR count). The normalized spacial score (nSPS) is 23.9. The molecule has 0 saturated carbocycles. The van der Waals surface area contributed by atoms with Crippen LogP contribution in [0.25, 0.3) is 0 Å². The van der Waals surface area contributed by atoms with E-state index in [0.29, 0.717) is 24.2 Å². The molecule has 2 unspecified atom stereocenters. The Morgan fingerprint density at radius 2 is 2.41 bits per heavy atom. The third-order valence-electron chi connectivity index (χ3n) is 3.47. The summed E-state index contributed by atoms with van der Waals surface area (Å²) in [5.74, 6) is 0.929. The predicted octanol–water partition coefficient (Wildman–Crippen LogP) is 1.26. The van der Waals surface area contributed by atoms with Crippen LogP contribution < -0.4 is 5.73 Å². The van der Waals surface area contributed by atoms with Gasteiger partial charge >= 0.3 is 0 Å². The van der Waals surface area contributed by atoms with Crippen LogP contribution in [0.4, 0.5) is 0 Å². The largest absolute Gasteiger partial charge is 0.409 e. The summed E-state index contributed by atoms with van der Waals surface area (Å²) in [6.07, 6.45) is 4.03. The Bertz CT molecular complexity index is 240. The summed E-state index contributed by atoms with van der Waals surface area (Å²) in [5, 5.41) is 11.7. The van der Waals surface area contributed by atoms with Gasteiger partial charge in [-0.15, -0.1) is 0 Å². The Balaban J connectivity index is 2.39. The van der Waals surface area contributed by atoms with Crippen LogP contribution in [0.5, 0.6) is 0 Å². The molecule has 0 aromatic heterocycles.